The minimum Gasteiger partial charge on any atom is -0.383 e. The lowest BCUT2D eigenvalue weighted by molar-refractivity contribution is 0.359. The summed E-state index contributed by atoms with van der Waals surface area (Å²) in [4.78, 5) is 8.53. The van der Waals surface area contributed by atoms with Crippen molar-refractivity contribution in [2.75, 3.05) is 12.0 Å². The fourth-order valence-corrected chi connectivity index (χ4v) is 4.20. The van der Waals surface area contributed by atoms with E-state index in [-0.39, 0.29) is 0 Å². The minimum absolute atomic E-state index is 0.338. The van der Waals surface area contributed by atoms with E-state index in [1.807, 2.05) is 36.4 Å². The van der Waals surface area contributed by atoms with Crippen LogP contribution in [0.1, 0.15) is 32.1 Å². The first-order valence-corrected chi connectivity index (χ1v) is 8.73. The van der Waals surface area contributed by atoms with Gasteiger partial charge in [-0.25, -0.2) is 9.97 Å². The van der Waals surface area contributed by atoms with Gasteiger partial charge in [0.15, 0.2) is 0 Å². The zero-order valence-corrected chi connectivity index (χ0v) is 13.3. The number of rotatable bonds is 4. The van der Waals surface area contributed by atoms with E-state index in [1.54, 1.807) is 6.20 Å². The molecule has 0 spiro atoms. The van der Waals surface area contributed by atoms with Crippen molar-refractivity contribution in [1.29, 1.82) is 0 Å². The molecule has 0 aliphatic heterocycles. The van der Waals surface area contributed by atoms with Gasteiger partial charge >= 0.3 is 0 Å². The Morgan fingerprint density at radius 2 is 2.14 bits per heavy atom. The second kappa shape index (κ2) is 6.10. The number of anilines is 1. The van der Waals surface area contributed by atoms with Gasteiger partial charge in [-0.15, -0.1) is 0 Å². The van der Waals surface area contributed by atoms with Crippen LogP contribution in [0.5, 0.6) is 0 Å². The Morgan fingerprint density at radius 3 is 2.86 bits per heavy atom. The fourth-order valence-electron chi connectivity index (χ4n) is 3.24. The first kappa shape index (κ1) is 14.4. The lowest BCUT2D eigenvalue weighted by atomic mass is 9.88. The van der Waals surface area contributed by atoms with Gasteiger partial charge in [0.25, 0.3) is 0 Å². The van der Waals surface area contributed by atoms with E-state index < -0.39 is 0 Å². The Morgan fingerprint density at radius 1 is 1.33 bits per heavy atom. The summed E-state index contributed by atoms with van der Waals surface area (Å²) >= 11 is 2.00. The third kappa shape index (κ3) is 2.93. The Bertz CT molecular complexity index is 602. The molecule has 0 atom stereocenters. The molecule has 112 valence electrons. The van der Waals surface area contributed by atoms with Gasteiger partial charge in [-0.1, -0.05) is 19.3 Å². The van der Waals surface area contributed by atoms with Crippen LogP contribution in [0.2, 0.25) is 0 Å². The van der Waals surface area contributed by atoms with Gasteiger partial charge in [0, 0.05) is 23.1 Å². The molecule has 2 aromatic rings. The minimum atomic E-state index is 0.338. The summed E-state index contributed by atoms with van der Waals surface area (Å²) in [6.07, 6.45) is 14.4. The molecule has 1 aliphatic rings. The summed E-state index contributed by atoms with van der Waals surface area (Å²) < 4.78 is 2.58. The molecule has 5 heteroatoms. The molecule has 0 radical (unpaired) electrons. The van der Waals surface area contributed by atoms with E-state index >= 15 is 0 Å². The third-order valence-electron chi connectivity index (χ3n) is 4.48. The van der Waals surface area contributed by atoms with E-state index in [4.69, 9.17) is 5.73 Å². The second-order valence-electron chi connectivity index (χ2n) is 5.79. The summed E-state index contributed by atoms with van der Waals surface area (Å²) in [6, 6.07) is 3.94. The van der Waals surface area contributed by atoms with Gasteiger partial charge in [-0.05, 0) is 31.2 Å². The maximum atomic E-state index is 6.02. The predicted octanol–water partition coefficient (Wildman–Crippen LogP) is 3.59. The Hall–Kier alpha value is -1.49. The van der Waals surface area contributed by atoms with E-state index in [9.17, 15) is 0 Å². The highest BCUT2D eigenvalue weighted by Gasteiger charge is 2.32. The number of nitrogen functional groups attached to an aromatic ring is 1. The largest absolute Gasteiger partial charge is 0.383 e. The number of nitrogens with two attached hydrogens (primary N) is 1. The number of pyridine rings is 1. The van der Waals surface area contributed by atoms with Crippen LogP contribution in [0.4, 0.5) is 5.82 Å². The van der Waals surface area contributed by atoms with Gasteiger partial charge in [-0.2, -0.15) is 11.8 Å². The summed E-state index contributed by atoms with van der Waals surface area (Å²) in [7, 11) is 0. The van der Waals surface area contributed by atoms with Crippen LogP contribution < -0.4 is 5.73 Å². The Labute approximate surface area is 130 Å². The molecular formula is C16H22N4S. The number of imidazole rings is 1. The molecule has 0 bridgehead atoms. The third-order valence-corrected chi connectivity index (χ3v) is 5.89. The van der Waals surface area contributed by atoms with Crippen LogP contribution in [0.15, 0.2) is 30.9 Å². The highest BCUT2D eigenvalue weighted by Crippen LogP contribution is 2.40. The average molecular weight is 302 g/mol. The summed E-state index contributed by atoms with van der Waals surface area (Å²) in [6.45, 7) is 0.998. The number of nitrogens with zero attached hydrogens (tertiary/aromatic N) is 3. The Balaban J connectivity index is 1.91. The van der Waals surface area contributed by atoms with Crippen molar-refractivity contribution in [1.82, 2.24) is 14.5 Å². The zero-order valence-electron chi connectivity index (χ0n) is 12.5. The molecule has 1 aliphatic carbocycles. The monoisotopic (exact) mass is 302 g/mol. The van der Waals surface area contributed by atoms with Crippen LogP contribution in [0.3, 0.4) is 0 Å². The van der Waals surface area contributed by atoms with Gasteiger partial charge in [0.05, 0.1) is 18.2 Å². The molecule has 0 amide bonds. The first-order chi connectivity index (χ1) is 10.2. The maximum absolute atomic E-state index is 6.02. The smallest absolute Gasteiger partial charge is 0.132 e. The maximum Gasteiger partial charge on any atom is 0.132 e. The summed E-state index contributed by atoms with van der Waals surface area (Å²) in [5, 5.41) is 0. The predicted molar refractivity (Wildman–Crippen MR) is 89.2 cm³/mol. The van der Waals surface area contributed by atoms with Gasteiger partial charge in [0.1, 0.15) is 5.82 Å². The standard InChI is InChI=1S/C16H22N4S/c1-21-16(7-3-2-4-8-16)11-20-12-18-10-14(20)13-6-5-9-19-15(13)17/h5-6,9-10,12H,2-4,7-8,11H2,1H3,(H2,17,19). The van der Waals surface area contributed by atoms with E-state index in [0.29, 0.717) is 10.6 Å². The van der Waals surface area contributed by atoms with Gasteiger partial charge < -0.3 is 10.3 Å². The van der Waals surface area contributed by atoms with Crippen LogP contribution in [0, 0.1) is 0 Å². The van der Waals surface area contributed by atoms with Crippen molar-refractivity contribution in [2.45, 2.75) is 43.4 Å². The number of hydrogen-bond donors (Lipinski definition) is 1. The summed E-state index contributed by atoms with van der Waals surface area (Å²) in [5.41, 5.74) is 8.07. The quantitative estimate of drug-likeness (QED) is 0.937. The molecule has 1 saturated carbocycles. The Kier molecular flexibility index (Phi) is 4.19. The molecular weight excluding hydrogens is 280 g/mol. The SMILES string of the molecule is CSC1(Cn2cncc2-c2cccnc2N)CCCCC1. The molecule has 4 nitrogen and oxygen atoms in total. The molecule has 2 aromatic heterocycles. The normalized spacial score (nSPS) is 17.8. The molecule has 2 heterocycles. The second-order valence-corrected chi connectivity index (χ2v) is 7.07. The highest BCUT2D eigenvalue weighted by molar-refractivity contribution is 8.00. The average Bonchev–Trinajstić information content (AvgIpc) is 2.96. The highest BCUT2D eigenvalue weighted by atomic mass is 32.2. The van der Waals surface area contributed by atoms with Crippen molar-refractivity contribution in [3.05, 3.63) is 30.9 Å². The number of aromatic nitrogens is 3. The topological polar surface area (TPSA) is 56.7 Å². The van der Waals surface area contributed by atoms with Gasteiger partial charge in [0.2, 0.25) is 0 Å². The van der Waals surface area contributed by atoms with E-state index in [1.165, 1.54) is 32.1 Å². The van der Waals surface area contributed by atoms with E-state index in [0.717, 1.165) is 17.8 Å². The number of hydrogen-bond acceptors (Lipinski definition) is 4. The van der Waals surface area contributed by atoms with Crippen LogP contribution in [0.25, 0.3) is 11.3 Å². The van der Waals surface area contributed by atoms with Crippen LogP contribution >= 0.6 is 11.8 Å². The van der Waals surface area contributed by atoms with Crippen LogP contribution in [-0.2, 0) is 6.54 Å². The molecule has 21 heavy (non-hydrogen) atoms. The van der Waals surface area contributed by atoms with E-state index in [2.05, 4.69) is 20.8 Å². The first-order valence-electron chi connectivity index (χ1n) is 7.50. The van der Waals surface area contributed by atoms with Crippen molar-refractivity contribution in [3.8, 4) is 11.3 Å². The number of thioether (sulfide) groups is 1. The van der Waals surface area contributed by atoms with Gasteiger partial charge in [-0.3, -0.25) is 0 Å². The lowest BCUT2D eigenvalue weighted by Crippen LogP contribution is -2.33. The molecule has 0 aromatic carbocycles. The lowest BCUT2D eigenvalue weighted by Gasteiger charge is -2.36. The zero-order chi connectivity index (χ0) is 14.7. The van der Waals surface area contributed by atoms with Crippen molar-refractivity contribution in [3.63, 3.8) is 0 Å². The molecule has 1 fully saturated rings. The summed E-state index contributed by atoms with van der Waals surface area (Å²) in [5.74, 6) is 0.570. The van der Waals surface area contributed by atoms with Crippen molar-refractivity contribution in [2.24, 2.45) is 0 Å². The molecule has 0 unspecified atom stereocenters. The van der Waals surface area contributed by atoms with Crippen LogP contribution in [-0.4, -0.2) is 25.5 Å². The van der Waals surface area contributed by atoms with Crippen molar-refractivity contribution < 1.29 is 0 Å². The molecule has 0 saturated heterocycles. The molecule has 2 N–H and O–H groups in total. The molecule has 3 rings (SSSR count). The van der Waals surface area contributed by atoms with Crippen molar-refractivity contribution >= 4 is 17.6 Å². The fraction of sp³-hybridized carbons (Fsp3) is 0.500.